The quantitative estimate of drug-likeness (QED) is 0.685. The highest BCUT2D eigenvalue weighted by atomic mass is 16.1. The van der Waals surface area contributed by atoms with Gasteiger partial charge in [-0.3, -0.25) is 4.79 Å². The molecule has 0 radical (unpaired) electrons. The molecule has 23 heavy (non-hydrogen) atoms. The van der Waals surface area contributed by atoms with E-state index in [-0.39, 0.29) is 11.5 Å². The molecule has 5 nitrogen and oxygen atoms in total. The van der Waals surface area contributed by atoms with Gasteiger partial charge in [-0.15, -0.1) is 0 Å². The number of anilines is 1. The molecule has 0 spiro atoms. The molecule has 1 N–H and O–H groups in total. The molecule has 122 valence electrons. The highest BCUT2D eigenvalue weighted by molar-refractivity contribution is 6.06. The number of para-hydroxylation sites is 1. The Morgan fingerprint density at radius 1 is 1.26 bits per heavy atom. The summed E-state index contributed by atoms with van der Waals surface area (Å²) in [5.74, 6) is -0.0434. The number of hydrogen-bond donors (Lipinski definition) is 1. The molecule has 1 amide bonds. The molecule has 0 aliphatic carbocycles. The first kappa shape index (κ1) is 17.0. The average Bonchev–Trinajstić information content (AvgIpc) is 2.54. The summed E-state index contributed by atoms with van der Waals surface area (Å²) < 4.78 is 0. The third-order valence-electron chi connectivity index (χ3n) is 4.05. The lowest BCUT2D eigenvalue weighted by Crippen LogP contribution is -2.42. The fourth-order valence-corrected chi connectivity index (χ4v) is 2.58. The van der Waals surface area contributed by atoms with Gasteiger partial charge in [0.05, 0.1) is 0 Å². The Morgan fingerprint density at radius 3 is 2.52 bits per heavy atom. The van der Waals surface area contributed by atoms with E-state index in [1.165, 1.54) is 0 Å². The number of piperazine rings is 1. The second-order valence-electron chi connectivity index (χ2n) is 6.19. The fourth-order valence-electron chi connectivity index (χ4n) is 2.58. The van der Waals surface area contributed by atoms with E-state index in [1.807, 2.05) is 35.2 Å². The summed E-state index contributed by atoms with van der Waals surface area (Å²) in [5.41, 5.74) is 1.98. The second kappa shape index (κ2) is 7.80. The van der Waals surface area contributed by atoms with Crippen LogP contribution in [0.5, 0.6) is 0 Å². The van der Waals surface area contributed by atoms with Crippen molar-refractivity contribution in [3.05, 3.63) is 41.6 Å². The van der Waals surface area contributed by atoms with Gasteiger partial charge in [-0.05, 0) is 24.6 Å². The molecular weight excluding hydrogens is 288 g/mol. The first-order valence-electron chi connectivity index (χ1n) is 7.96. The van der Waals surface area contributed by atoms with Crippen molar-refractivity contribution in [2.45, 2.75) is 19.8 Å². The molecule has 1 aliphatic rings. The molecule has 1 aliphatic heterocycles. The Morgan fingerprint density at radius 2 is 1.91 bits per heavy atom. The van der Waals surface area contributed by atoms with E-state index in [0.717, 1.165) is 37.4 Å². The summed E-state index contributed by atoms with van der Waals surface area (Å²) in [7, 11) is 2.07. The van der Waals surface area contributed by atoms with Gasteiger partial charge in [0, 0.05) is 38.1 Å². The lowest BCUT2D eigenvalue weighted by molar-refractivity contribution is -0.112. The van der Waals surface area contributed by atoms with Gasteiger partial charge in [0.15, 0.2) is 0 Å². The zero-order valence-electron chi connectivity index (χ0n) is 14.0. The fraction of sp³-hybridized carbons (Fsp3) is 0.444. The summed E-state index contributed by atoms with van der Waals surface area (Å²) in [6, 6.07) is 9.73. The average molecular weight is 312 g/mol. The van der Waals surface area contributed by atoms with Crippen molar-refractivity contribution in [1.82, 2.24) is 9.80 Å². The molecule has 0 atom stereocenters. The van der Waals surface area contributed by atoms with Crippen molar-refractivity contribution in [3.63, 3.8) is 0 Å². The summed E-state index contributed by atoms with van der Waals surface area (Å²) in [5, 5.41) is 12.2. The Kier molecular flexibility index (Phi) is 5.78. The molecule has 1 aromatic carbocycles. The molecule has 1 saturated heterocycles. The summed E-state index contributed by atoms with van der Waals surface area (Å²) >= 11 is 0. The van der Waals surface area contributed by atoms with E-state index in [2.05, 4.69) is 31.1 Å². The number of amides is 1. The first-order chi connectivity index (χ1) is 11.0. The topological polar surface area (TPSA) is 59.4 Å². The number of rotatable bonds is 4. The van der Waals surface area contributed by atoms with Crippen LogP contribution >= 0.6 is 0 Å². The molecule has 0 bridgehead atoms. The van der Waals surface area contributed by atoms with Crippen molar-refractivity contribution in [2.75, 3.05) is 38.5 Å². The lowest BCUT2D eigenvalue weighted by atomic mass is 10.0. The smallest absolute Gasteiger partial charge is 0.267 e. The van der Waals surface area contributed by atoms with E-state index in [0.29, 0.717) is 5.92 Å². The Hall–Kier alpha value is -2.32. The zero-order chi connectivity index (χ0) is 16.8. The van der Waals surface area contributed by atoms with Crippen LogP contribution in [0.25, 0.3) is 0 Å². The molecule has 0 unspecified atom stereocenters. The molecule has 0 saturated carbocycles. The summed E-state index contributed by atoms with van der Waals surface area (Å²) in [4.78, 5) is 16.7. The van der Waals surface area contributed by atoms with Gasteiger partial charge >= 0.3 is 0 Å². The number of carbonyl (C=O) groups excluding carboxylic acids is 1. The van der Waals surface area contributed by atoms with E-state index in [1.54, 1.807) is 6.20 Å². The van der Waals surface area contributed by atoms with Gasteiger partial charge in [0.25, 0.3) is 5.91 Å². The predicted octanol–water partition coefficient (Wildman–Crippen LogP) is 2.40. The molecule has 0 aromatic heterocycles. The van der Waals surface area contributed by atoms with Crippen LogP contribution in [0.1, 0.15) is 25.3 Å². The molecule has 5 heteroatoms. The van der Waals surface area contributed by atoms with Crippen LogP contribution < -0.4 is 5.32 Å². The maximum Gasteiger partial charge on any atom is 0.267 e. The standard InChI is InChI=1S/C18H24N4O/c1-14(2)16-6-4-5-7-17(16)20-18(23)15(12-19)13-22-10-8-21(3)9-11-22/h4-7,13-14H,8-11H2,1-3H3,(H,20,23)/b15-13-. The van der Waals surface area contributed by atoms with Gasteiger partial charge in [-0.25, -0.2) is 0 Å². The van der Waals surface area contributed by atoms with Crippen molar-refractivity contribution >= 4 is 11.6 Å². The van der Waals surface area contributed by atoms with Crippen LogP contribution in [0.4, 0.5) is 5.69 Å². The number of carbonyl (C=O) groups is 1. The number of hydrogen-bond acceptors (Lipinski definition) is 4. The van der Waals surface area contributed by atoms with Crippen LogP contribution in [0.15, 0.2) is 36.0 Å². The minimum atomic E-state index is -0.348. The minimum absolute atomic E-state index is 0.146. The van der Waals surface area contributed by atoms with Gasteiger partial charge in [0.2, 0.25) is 0 Å². The number of nitriles is 1. The van der Waals surface area contributed by atoms with Crippen LogP contribution in [-0.2, 0) is 4.79 Å². The monoisotopic (exact) mass is 312 g/mol. The van der Waals surface area contributed by atoms with Crippen LogP contribution in [0.3, 0.4) is 0 Å². The molecule has 2 rings (SSSR count). The number of likely N-dealkylation sites (N-methyl/N-ethyl adjacent to an activating group) is 1. The Labute approximate surface area is 138 Å². The van der Waals surface area contributed by atoms with Crippen molar-refractivity contribution in [3.8, 4) is 6.07 Å². The molecule has 1 aromatic rings. The van der Waals surface area contributed by atoms with Crippen molar-refractivity contribution < 1.29 is 4.79 Å². The highest BCUT2D eigenvalue weighted by Crippen LogP contribution is 2.24. The number of nitrogens with one attached hydrogen (secondary N) is 1. The maximum absolute atomic E-state index is 12.4. The summed E-state index contributed by atoms with van der Waals surface area (Å²) in [6.45, 7) is 7.70. The predicted molar refractivity (Wildman–Crippen MR) is 91.9 cm³/mol. The van der Waals surface area contributed by atoms with E-state index in [9.17, 15) is 10.1 Å². The van der Waals surface area contributed by atoms with Gasteiger partial charge < -0.3 is 15.1 Å². The largest absolute Gasteiger partial charge is 0.374 e. The maximum atomic E-state index is 12.4. The van der Waals surface area contributed by atoms with E-state index < -0.39 is 0 Å². The van der Waals surface area contributed by atoms with Gasteiger partial charge in [-0.2, -0.15) is 5.26 Å². The van der Waals surface area contributed by atoms with Crippen LogP contribution in [0, 0.1) is 11.3 Å². The SMILES string of the molecule is CC(C)c1ccccc1NC(=O)/C(C#N)=C\N1CCN(C)CC1. The lowest BCUT2D eigenvalue weighted by Gasteiger charge is -2.31. The zero-order valence-corrected chi connectivity index (χ0v) is 14.0. The van der Waals surface area contributed by atoms with Gasteiger partial charge in [0.1, 0.15) is 11.6 Å². The molecule has 1 fully saturated rings. The number of nitrogens with zero attached hydrogens (tertiary/aromatic N) is 3. The normalized spacial score (nSPS) is 16.3. The van der Waals surface area contributed by atoms with Crippen LogP contribution in [-0.4, -0.2) is 48.9 Å². The molecular formula is C18H24N4O. The van der Waals surface area contributed by atoms with Crippen molar-refractivity contribution in [2.24, 2.45) is 0 Å². The first-order valence-corrected chi connectivity index (χ1v) is 7.96. The third-order valence-corrected chi connectivity index (χ3v) is 4.05. The highest BCUT2D eigenvalue weighted by Gasteiger charge is 2.16. The number of benzene rings is 1. The van der Waals surface area contributed by atoms with E-state index in [4.69, 9.17) is 0 Å². The molecule has 1 heterocycles. The Bertz CT molecular complexity index is 622. The minimum Gasteiger partial charge on any atom is -0.374 e. The second-order valence-corrected chi connectivity index (χ2v) is 6.19. The van der Waals surface area contributed by atoms with Crippen LogP contribution in [0.2, 0.25) is 0 Å². The summed E-state index contributed by atoms with van der Waals surface area (Å²) in [6.07, 6.45) is 1.68. The van der Waals surface area contributed by atoms with E-state index >= 15 is 0 Å². The third kappa shape index (κ3) is 4.57. The Balaban J connectivity index is 2.11. The van der Waals surface area contributed by atoms with Gasteiger partial charge in [-0.1, -0.05) is 32.0 Å². The van der Waals surface area contributed by atoms with Crippen molar-refractivity contribution in [1.29, 1.82) is 5.26 Å².